The van der Waals surface area contributed by atoms with Gasteiger partial charge in [0.05, 0.1) is 6.61 Å². The van der Waals surface area contributed by atoms with Crippen LogP contribution in [0, 0.1) is 0 Å². The first-order valence-corrected chi connectivity index (χ1v) is 20.6. The van der Waals surface area contributed by atoms with Crippen LogP contribution in [0.4, 0.5) is 0 Å². The summed E-state index contributed by atoms with van der Waals surface area (Å²) in [7, 11) is -5.10. The third kappa shape index (κ3) is 22.2. The minimum Gasteiger partial charge on any atom is -0.462 e. The Balaban J connectivity index is 2.54. The smallest absolute Gasteiger partial charge is 0.462 e. The van der Waals surface area contributed by atoms with Gasteiger partial charge in [0, 0.05) is 12.8 Å². The van der Waals surface area contributed by atoms with Crippen LogP contribution in [0.3, 0.4) is 0 Å². The second-order valence-electron chi connectivity index (χ2n) is 13.4. The predicted molar refractivity (Wildman–Crippen MR) is 193 cm³/mol. The molecule has 0 heterocycles. The van der Waals surface area contributed by atoms with Crippen LogP contribution < -0.4 is 0 Å². The fraction of sp³-hybridized carbons (Fsp3) is 0.838. The minimum absolute atomic E-state index is 0.0822. The average Bonchev–Trinajstić information content (AvgIpc) is 3.10. The number of phosphoric acid groups is 1. The number of esters is 2. The summed E-state index contributed by atoms with van der Waals surface area (Å²) >= 11 is 0. The van der Waals surface area contributed by atoms with Gasteiger partial charge in [-0.15, -0.1) is 0 Å². The molecule has 0 aromatic heterocycles. The lowest BCUT2D eigenvalue weighted by Gasteiger charge is -2.41. The largest absolute Gasteiger partial charge is 0.472 e. The maximum Gasteiger partial charge on any atom is 0.472 e. The van der Waals surface area contributed by atoms with Gasteiger partial charge >= 0.3 is 19.8 Å². The number of carbonyl (C=O) groups excluding carboxylic acids is 2. The highest BCUT2D eigenvalue weighted by atomic mass is 31.2. The molecule has 0 spiro atoms. The van der Waals surface area contributed by atoms with Crippen LogP contribution in [-0.4, -0.2) is 98.3 Å². The molecule has 298 valence electrons. The molecule has 51 heavy (non-hydrogen) atoms. The van der Waals surface area contributed by atoms with Crippen molar-refractivity contribution in [3.05, 3.63) is 24.3 Å². The third-order valence-electron chi connectivity index (χ3n) is 8.80. The number of allylic oxidation sites excluding steroid dienone is 4. The normalized spacial score (nSPS) is 24.2. The van der Waals surface area contributed by atoms with Gasteiger partial charge in [-0.3, -0.25) is 18.6 Å². The molecule has 1 fully saturated rings. The molecule has 0 bridgehead atoms. The van der Waals surface area contributed by atoms with Gasteiger partial charge in [0.2, 0.25) is 0 Å². The summed E-state index contributed by atoms with van der Waals surface area (Å²) in [5, 5.41) is 49.8. The van der Waals surface area contributed by atoms with Crippen molar-refractivity contribution in [2.24, 2.45) is 0 Å². The van der Waals surface area contributed by atoms with Crippen LogP contribution in [0.2, 0.25) is 0 Å². The van der Waals surface area contributed by atoms with Crippen molar-refractivity contribution in [2.75, 3.05) is 13.2 Å². The zero-order valence-electron chi connectivity index (χ0n) is 30.9. The molecule has 6 atom stereocenters. The Kier molecular flexibility index (Phi) is 26.7. The standard InChI is InChI=1S/C37H67O13P/c1-3-5-7-9-11-12-13-14-15-16-17-18-20-22-24-26-31(39)49-29(27-47-30(38)25-23-21-19-10-8-6-4-2)28-48-51(45,46)50-37-35(43)33(41)32(40)34(42)36(37)44/h11-12,14-15,29,32-37,40-44H,3-10,13,16-28H2,1-2H3,(H,45,46)/b12-11-,15-14-. The zero-order chi connectivity index (χ0) is 37.9. The van der Waals surface area contributed by atoms with E-state index in [0.29, 0.717) is 12.8 Å². The van der Waals surface area contributed by atoms with Gasteiger partial charge < -0.3 is 39.9 Å². The molecule has 0 aromatic carbocycles. The first-order chi connectivity index (χ1) is 24.4. The Morgan fingerprint density at radius 1 is 0.608 bits per heavy atom. The van der Waals surface area contributed by atoms with E-state index in [-0.39, 0.29) is 12.8 Å². The van der Waals surface area contributed by atoms with E-state index in [1.54, 1.807) is 0 Å². The maximum absolute atomic E-state index is 12.7. The highest BCUT2D eigenvalue weighted by Gasteiger charge is 2.51. The number of phosphoric ester groups is 1. The molecular weight excluding hydrogens is 683 g/mol. The van der Waals surface area contributed by atoms with Gasteiger partial charge in [-0.2, -0.15) is 0 Å². The molecule has 13 nitrogen and oxygen atoms in total. The quantitative estimate of drug-likeness (QED) is 0.0225. The van der Waals surface area contributed by atoms with E-state index in [4.69, 9.17) is 18.5 Å². The van der Waals surface area contributed by atoms with Gasteiger partial charge in [0.1, 0.15) is 43.2 Å². The molecule has 14 heteroatoms. The van der Waals surface area contributed by atoms with Gasteiger partial charge in [0.25, 0.3) is 0 Å². The Morgan fingerprint density at radius 3 is 1.63 bits per heavy atom. The SMILES string of the molecule is CCCCC/C=C\C/C=C\CCCCCCCC(=O)OC(COC(=O)CCCCCCCCC)COP(=O)(O)OC1C(O)C(O)C(O)C(O)C1O. The first-order valence-electron chi connectivity index (χ1n) is 19.1. The highest BCUT2D eigenvalue weighted by Crippen LogP contribution is 2.47. The van der Waals surface area contributed by atoms with E-state index < -0.39 is 75.7 Å². The monoisotopic (exact) mass is 750 g/mol. The van der Waals surface area contributed by atoms with Crippen molar-refractivity contribution >= 4 is 19.8 Å². The highest BCUT2D eigenvalue weighted by molar-refractivity contribution is 7.47. The number of aliphatic hydroxyl groups is 5. The topological polar surface area (TPSA) is 210 Å². The summed E-state index contributed by atoms with van der Waals surface area (Å²) in [6, 6.07) is 0. The van der Waals surface area contributed by atoms with E-state index in [2.05, 4.69) is 38.2 Å². The second kappa shape index (κ2) is 28.8. The van der Waals surface area contributed by atoms with E-state index in [9.17, 15) is 44.6 Å². The van der Waals surface area contributed by atoms with Crippen molar-refractivity contribution in [1.82, 2.24) is 0 Å². The van der Waals surface area contributed by atoms with Crippen molar-refractivity contribution in [2.45, 2.75) is 185 Å². The predicted octanol–water partition coefficient (Wildman–Crippen LogP) is 5.72. The molecule has 0 radical (unpaired) electrons. The van der Waals surface area contributed by atoms with Crippen molar-refractivity contribution in [3.63, 3.8) is 0 Å². The molecule has 1 saturated carbocycles. The van der Waals surface area contributed by atoms with Crippen LogP contribution in [0.1, 0.15) is 142 Å². The molecular formula is C37H67O13P. The van der Waals surface area contributed by atoms with Crippen LogP contribution in [-0.2, 0) is 32.7 Å². The van der Waals surface area contributed by atoms with Crippen LogP contribution in [0.25, 0.3) is 0 Å². The van der Waals surface area contributed by atoms with Gasteiger partial charge in [-0.1, -0.05) is 109 Å². The average molecular weight is 751 g/mol. The van der Waals surface area contributed by atoms with E-state index >= 15 is 0 Å². The fourth-order valence-corrected chi connectivity index (χ4v) is 6.58. The molecule has 0 amide bonds. The summed E-state index contributed by atoms with van der Waals surface area (Å²) in [6.07, 6.45) is 14.2. The molecule has 1 aliphatic carbocycles. The Hall–Kier alpha value is -1.67. The summed E-state index contributed by atoms with van der Waals surface area (Å²) in [4.78, 5) is 35.3. The van der Waals surface area contributed by atoms with Gasteiger partial charge in [-0.25, -0.2) is 4.57 Å². The summed E-state index contributed by atoms with van der Waals surface area (Å²) in [6.45, 7) is 3.16. The molecule has 0 saturated heterocycles. The maximum atomic E-state index is 12.7. The van der Waals surface area contributed by atoms with Crippen LogP contribution in [0.15, 0.2) is 24.3 Å². The number of hydrogen-bond donors (Lipinski definition) is 6. The van der Waals surface area contributed by atoms with Crippen LogP contribution in [0.5, 0.6) is 0 Å². The lowest BCUT2D eigenvalue weighted by Crippen LogP contribution is -2.64. The number of unbranched alkanes of at least 4 members (excludes halogenated alkanes) is 14. The van der Waals surface area contributed by atoms with E-state index in [1.165, 1.54) is 25.7 Å². The second-order valence-corrected chi connectivity index (χ2v) is 14.8. The van der Waals surface area contributed by atoms with Crippen molar-refractivity contribution in [1.29, 1.82) is 0 Å². The Labute approximate surface area is 305 Å². The molecule has 6 N–H and O–H groups in total. The van der Waals surface area contributed by atoms with E-state index in [1.807, 2.05) is 0 Å². The summed E-state index contributed by atoms with van der Waals surface area (Å²) < 4.78 is 33.2. The lowest BCUT2D eigenvalue weighted by molar-refractivity contribution is -0.220. The molecule has 0 aliphatic heterocycles. The number of carbonyl (C=O) groups is 2. The Morgan fingerprint density at radius 2 is 1.06 bits per heavy atom. The zero-order valence-corrected chi connectivity index (χ0v) is 31.8. The molecule has 1 rings (SSSR count). The summed E-state index contributed by atoms with van der Waals surface area (Å²) in [5.41, 5.74) is 0. The fourth-order valence-electron chi connectivity index (χ4n) is 5.61. The molecule has 1 aliphatic rings. The number of hydrogen-bond acceptors (Lipinski definition) is 12. The van der Waals surface area contributed by atoms with Crippen molar-refractivity contribution < 1.29 is 63.1 Å². The summed E-state index contributed by atoms with van der Waals surface area (Å²) in [5.74, 6) is -1.12. The van der Waals surface area contributed by atoms with Crippen LogP contribution >= 0.6 is 7.82 Å². The minimum atomic E-state index is -5.10. The molecule has 6 unspecified atom stereocenters. The first kappa shape index (κ1) is 47.4. The van der Waals surface area contributed by atoms with E-state index in [0.717, 1.165) is 77.0 Å². The van der Waals surface area contributed by atoms with Gasteiger partial charge in [0.15, 0.2) is 6.10 Å². The van der Waals surface area contributed by atoms with Crippen molar-refractivity contribution in [3.8, 4) is 0 Å². The lowest BCUT2D eigenvalue weighted by atomic mass is 9.85. The number of ether oxygens (including phenoxy) is 2. The Bertz CT molecular complexity index is 1010. The number of rotatable bonds is 30. The van der Waals surface area contributed by atoms with Gasteiger partial charge in [-0.05, 0) is 44.9 Å². The number of aliphatic hydroxyl groups excluding tert-OH is 5. The third-order valence-corrected chi connectivity index (χ3v) is 9.78. The molecule has 0 aromatic rings.